The fourth-order valence-electron chi connectivity index (χ4n) is 3.86. The summed E-state index contributed by atoms with van der Waals surface area (Å²) in [5.74, 6) is 0.739. The van der Waals surface area contributed by atoms with Crippen LogP contribution in [-0.4, -0.2) is 45.9 Å². The van der Waals surface area contributed by atoms with Crippen LogP contribution in [0.25, 0.3) is 0 Å². The minimum atomic E-state index is -0.489. The van der Waals surface area contributed by atoms with Crippen LogP contribution in [0.15, 0.2) is 0 Å². The number of rotatable bonds is 3. The van der Waals surface area contributed by atoms with Crippen LogP contribution in [0.4, 0.5) is 0 Å². The SMILES string of the molecule is CCOC(=O)C1CSC2(CCC(C(C)(C)C)CC2)N1C(=O)CCl. The van der Waals surface area contributed by atoms with Crippen molar-refractivity contribution in [3.8, 4) is 0 Å². The maximum absolute atomic E-state index is 12.5. The number of amides is 1. The van der Waals surface area contributed by atoms with E-state index in [1.807, 2.05) is 0 Å². The summed E-state index contributed by atoms with van der Waals surface area (Å²) in [6.45, 7) is 8.96. The van der Waals surface area contributed by atoms with Crippen LogP contribution in [0.3, 0.4) is 0 Å². The molecule has 1 saturated carbocycles. The van der Waals surface area contributed by atoms with Crippen LogP contribution in [0.1, 0.15) is 53.4 Å². The van der Waals surface area contributed by atoms with Gasteiger partial charge in [0.2, 0.25) is 5.91 Å². The average molecular weight is 362 g/mol. The number of nitrogens with zero attached hydrogens (tertiary/aromatic N) is 1. The molecule has 2 fully saturated rings. The number of halogens is 1. The van der Waals surface area contributed by atoms with Gasteiger partial charge in [0.05, 0.1) is 11.5 Å². The molecule has 4 nitrogen and oxygen atoms in total. The van der Waals surface area contributed by atoms with Crippen LogP contribution >= 0.6 is 23.4 Å². The Morgan fingerprint density at radius 2 is 1.91 bits per heavy atom. The third kappa shape index (κ3) is 3.81. The second-order valence-electron chi connectivity index (χ2n) is 7.56. The van der Waals surface area contributed by atoms with E-state index in [0.717, 1.165) is 25.7 Å². The van der Waals surface area contributed by atoms with Crippen molar-refractivity contribution in [3.63, 3.8) is 0 Å². The summed E-state index contributed by atoms with van der Waals surface area (Å²) in [7, 11) is 0. The first kappa shape index (κ1) is 18.9. The molecule has 132 valence electrons. The maximum Gasteiger partial charge on any atom is 0.329 e. The normalized spacial score (nSPS) is 31.4. The number of ether oxygens (including phenoxy) is 1. The molecule has 0 bridgehead atoms. The van der Waals surface area contributed by atoms with Crippen LogP contribution < -0.4 is 0 Å². The van der Waals surface area contributed by atoms with Gasteiger partial charge < -0.3 is 9.64 Å². The van der Waals surface area contributed by atoms with Crippen molar-refractivity contribution in [2.75, 3.05) is 18.2 Å². The van der Waals surface area contributed by atoms with E-state index < -0.39 is 6.04 Å². The summed E-state index contributed by atoms with van der Waals surface area (Å²) < 4.78 is 5.17. The summed E-state index contributed by atoms with van der Waals surface area (Å²) in [5, 5.41) is 0. The minimum absolute atomic E-state index is 0.0824. The molecule has 1 heterocycles. The highest BCUT2D eigenvalue weighted by Gasteiger charge is 2.54. The first-order valence-corrected chi connectivity index (χ1v) is 9.96. The summed E-state index contributed by atoms with van der Waals surface area (Å²) in [4.78, 5) is 26.2. The molecule has 2 rings (SSSR count). The zero-order chi connectivity index (χ0) is 17.3. The minimum Gasteiger partial charge on any atom is -0.464 e. The van der Waals surface area contributed by atoms with E-state index in [4.69, 9.17) is 16.3 Å². The standard InChI is InChI=1S/C17H28ClNO3S/c1-5-22-15(21)13-11-23-17(19(13)14(20)10-18)8-6-12(7-9-17)16(2,3)4/h12-13H,5-11H2,1-4H3. The topological polar surface area (TPSA) is 46.6 Å². The lowest BCUT2D eigenvalue weighted by atomic mass is 9.71. The molecule has 0 aromatic rings. The third-order valence-corrected chi connectivity index (χ3v) is 7.05. The van der Waals surface area contributed by atoms with E-state index in [2.05, 4.69) is 20.8 Å². The Hall–Kier alpha value is -0.420. The van der Waals surface area contributed by atoms with E-state index in [0.29, 0.717) is 18.3 Å². The lowest BCUT2D eigenvalue weighted by Crippen LogP contribution is -2.55. The Morgan fingerprint density at radius 3 is 2.39 bits per heavy atom. The Balaban J connectivity index is 2.18. The molecule has 2 aliphatic rings. The van der Waals surface area contributed by atoms with Crippen LogP contribution in [0.5, 0.6) is 0 Å². The first-order chi connectivity index (χ1) is 10.7. The number of hydrogen-bond acceptors (Lipinski definition) is 4. The Kier molecular flexibility index (Phi) is 5.94. The summed E-state index contributed by atoms with van der Waals surface area (Å²) in [6, 6.07) is -0.489. The molecule has 1 unspecified atom stereocenters. The van der Waals surface area contributed by atoms with Gasteiger partial charge in [0, 0.05) is 5.75 Å². The fourth-order valence-corrected chi connectivity index (χ4v) is 5.63. The van der Waals surface area contributed by atoms with Crippen molar-refractivity contribution in [1.29, 1.82) is 0 Å². The van der Waals surface area contributed by atoms with Gasteiger partial charge in [-0.15, -0.1) is 23.4 Å². The fraction of sp³-hybridized carbons (Fsp3) is 0.882. The van der Waals surface area contributed by atoms with Crippen LogP contribution in [-0.2, 0) is 14.3 Å². The molecule has 0 N–H and O–H groups in total. The lowest BCUT2D eigenvalue weighted by molar-refractivity contribution is -0.155. The van der Waals surface area contributed by atoms with Crippen molar-refractivity contribution >= 4 is 35.2 Å². The zero-order valence-corrected chi connectivity index (χ0v) is 16.1. The average Bonchev–Trinajstić information content (AvgIpc) is 2.85. The summed E-state index contributed by atoms with van der Waals surface area (Å²) in [6.07, 6.45) is 4.02. The van der Waals surface area contributed by atoms with Gasteiger partial charge in [-0.2, -0.15) is 0 Å². The van der Waals surface area contributed by atoms with Crippen LogP contribution in [0, 0.1) is 11.3 Å². The van der Waals surface area contributed by atoms with Crippen molar-refractivity contribution in [1.82, 2.24) is 4.90 Å². The largest absolute Gasteiger partial charge is 0.464 e. The number of carbonyl (C=O) groups is 2. The predicted molar refractivity (Wildman–Crippen MR) is 94.6 cm³/mol. The molecule has 6 heteroatoms. The van der Waals surface area contributed by atoms with Gasteiger partial charge in [-0.25, -0.2) is 4.79 Å². The highest BCUT2D eigenvalue weighted by atomic mass is 35.5. The van der Waals surface area contributed by atoms with Gasteiger partial charge in [0.25, 0.3) is 0 Å². The Labute approximate surface area is 148 Å². The summed E-state index contributed by atoms with van der Waals surface area (Å²) in [5.41, 5.74) is 0.284. The molecular weight excluding hydrogens is 334 g/mol. The molecule has 1 spiro atoms. The lowest BCUT2D eigenvalue weighted by Gasteiger charge is -2.46. The van der Waals surface area contributed by atoms with Gasteiger partial charge in [-0.1, -0.05) is 20.8 Å². The van der Waals surface area contributed by atoms with Gasteiger partial charge >= 0.3 is 5.97 Å². The van der Waals surface area contributed by atoms with Crippen molar-refractivity contribution in [2.24, 2.45) is 11.3 Å². The number of alkyl halides is 1. The monoisotopic (exact) mass is 361 g/mol. The van der Waals surface area contributed by atoms with Crippen molar-refractivity contribution < 1.29 is 14.3 Å². The van der Waals surface area contributed by atoms with Gasteiger partial charge in [-0.05, 0) is 43.9 Å². The molecule has 0 aromatic heterocycles. The maximum atomic E-state index is 12.5. The van der Waals surface area contributed by atoms with Crippen molar-refractivity contribution in [2.45, 2.75) is 64.3 Å². The molecule has 1 atom stereocenters. The van der Waals surface area contributed by atoms with Crippen molar-refractivity contribution in [3.05, 3.63) is 0 Å². The quantitative estimate of drug-likeness (QED) is 0.568. The van der Waals surface area contributed by atoms with E-state index in [1.54, 1.807) is 23.6 Å². The first-order valence-electron chi connectivity index (χ1n) is 8.44. The zero-order valence-electron chi connectivity index (χ0n) is 14.6. The van der Waals surface area contributed by atoms with Crippen LogP contribution in [0.2, 0.25) is 0 Å². The van der Waals surface area contributed by atoms with Gasteiger partial charge in [0.15, 0.2) is 0 Å². The molecular formula is C17H28ClNO3S. The number of thioether (sulfide) groups is 1. The molecule has 1 amide bonds. The van der Waals surface area contributed by atoms with E-state index in [1.165, 1.54) is 0 Å². The van der Waals surface area contributed by atoms with E-state index >= 15 is 0 Å². The van der Waals surface area contributed by atoms with E-state index in [-0.39, 0.29) is 28.0 Å². The summed E-state index contributed by atoms with van der Waals surface area (Å²) >= 11 is 7.57. The smallest absolute Gasteiger partial charge is 0.329 e. The van der Waals surface area contributed by atoms with Gasteiger partial charge in [0.1, 0.15) is 11.9 Å². The Morgan fingerprint density at radius 1 is 1.30 bits per heavy atom. The second-order valence-corrected chi connectivity index (χ2v) is 9.21. The number of esters is 1. The molecule has 23 heavy (non-hydrogen) atoms. The highest BCUT2D eigenvalue weighted by molar-refractivity contribution is 8.01. The number of carbonyl (C=O) groups excluding carboxylic acids is 2. The Bertz CT molecular complexity index is 455. The molecule has 1 aliphatic heterocycles. The number of hydrogen-bond donors (Lipinski definition) is 0. The third-order valence-electron chi connectivity index (χ3n) is 5.19. The second kappa shape index (κ2) is 7.22. The molecule has 1 aliphatic carbocycles. The predicted octanol–water partition coefficient (Wildman–Crippen LogP) is 3.66. The molecule has 0 aromatic carbocycles. The highest BCUT2D eigenvalue weighted by Crippen LogP contribution is 2.53. The van der Waals surface area contributed by atoms with Gasteiger partial charge in [-0.3, -0.25) is 4.79 Å². The molecule has 1 saturated heterocycles. The van der Waals surface area contributed by atoms with E-state index in [9.17, 15) is 9.59 Å². The molecule has 0 radical (unpaired) electrons.